The van der Waals surface area contributed by atoms with E-state index in [4.69, 9.17) is 18.8 Å². The summed E-state index contributed by atoms with van der Waals surface area (Å²) in [6, 6.07) is 0. The number of hydrogen-bond donors (Lipinski definition) is 0. The molecule has 38 valence electrons. The summed E-state index contributed by atoms with van der Waals surface area (Å²) in [7, 11) is 9.75. The first-order valence-corrected chi connectivity index (χ1v) is 5.87. The molecule has 0 unspecified atom stereocenters. The summed E-state index contributed by atoms with van der Waals surface area (Å²) < 4.78 is 0. The molecule has 0 radical (unpaired) electrons. The van der Waals surface area contributed by atoms with Gasteiger partial charge in [-0.3, -0.25) is 0 Å². The van der Waals surface area contributed by atoms with Gasteiger partial charge in [-0.1, -0.05) is 0 Å². The van der Waals surface area contributed by atoms with Gasteiger partial charge in [0.25, 0.3) is 0 Å². The molecule has 0 nitrogen and oxygen atoms in total. The van der Waals surface area contributed by atoms with Crippen molar-refractivity contribution in [1.29, 1.82) is 0 Å². The van der Waals surface area contributed by atoms with Crippen LogP contribution in [0.4, 0.5) is 0 Å². The van der Waals surface area contributed by atoms with Crippen molar-refractivity contribution in [2.75, 3.05) is 0 Å². The van der Waals surface area contributed by atoms with E-state index in [1.807, 2.05) is 0 Å². The zero-order valence-corrected chi connectivity index (χ0v) is 6.86. The van der Waals surface area contributed by atoms with Crippen LogP contribution >= 0.6 is 18.8 Å². The van der Waals surface area contributed by atoms with Gasteiger partial charge in [0.15, 0.2) is 0 Å². The van der Waals surface area contributed by atoms with Gasteiger partial charge in [-0.15, -0.1) is 0 Å². The standard InChI is InChI=1S/2CH3.2ClH.Pt/h2*1H3;2*1H;/q2*-1;;;+4/p-2. The van der Waals surface area contributed by atoms with Crippen LogP contribution in [0.2, 0.25) is 0 Å². The first-order valence-electron chi connectivity index (χ1n) is 0.239. The third-order valence-electron chi connectivity index (χ3n) is 0. The van der Waals surface area contributed by atoms with E-state index >= 15 is 0 Å². The Morgan fingerprint density at radius 3 is 1.00 bits per heavy atom. The third-order valence-corrected chi connectivity index (χ3v) is 0. The van der Waals surface area contributed by atoms with Crippen LogP contribution < -0.4 is 0 Å². The molecular formula is C2H6Cl2Pt. The minimum atomic E-state index is -0.472. The van der Waals surface area contributed by atoms with Crippen molar-refractivity contribution in [2.45, 2.75) is 0 Å². The molecule has 0 amide bonds. The Morgan fingerprint density at radius 1 is 1.00 bits per heavy atom. The summed E-state index contributed by atoms with van der Waals surface area (Å²) in [5.41, 5.74) is 0. The molecule has 0 saturated carbocycles. The van der Waals surface area contributed by atoms with E-state index < -0.39 is 16.5 Å². The summed E-state index contributed by atoms with van der Waals surface area (Å²) >= 11 is -0.472. The van der Waals surface area contributed by atoms with Crippen LogP contribution in [-0.4, -0.2) is 0 Å². The SMILES string of the molecule is [CH3-].[CH3-].[Cl][Pt+2][Cl]. The fourth-order valence-electron chi connectivity index (χ4n) is 0. The van der Waals surface area contributed by atoms with Crippen LogP contribution in [0.25, 0.3) is 0 Å². The number of halogens is 2. The molecule has 0 rings (SSSR count). The van der Waals surface area contributed by atoms with E-state index in [1.165, 1.54) is 0 Å². The third kappa shape index (κ3) is 35.0. The molecule has 0 aliphatic heterocycles. The van der Waals surface area contributed by atoms with Gasteiger partial charge in [0, 0.05) is 0 Å². The van der Waals surface area contributed by atoms with Gasteiger partial charge < -0.3 is 14.9 Å². The fraction of sp³-hybridized carbons (Fsp3) is 0. The predicted octanol–water partition coefficient (Wildman–Crippen LogP) is 2.28. The van der Waals surface area contributed by atoms with Crippen molar-refractivity contribution < 1.29 is 16.5 Å². The van der Waals surface area contributed by atoms with E-state index in [0.717, 1.165) is 0 Å². The van der Waals surface area contributed by atoms with Crippen LogP contribution in [0.5, 0.6) is 0 Å². The molecule has 0 N–H and O–H groups in total. The molecule has 0 saturated heterocycles. The van der Waals surface area contributed by atoms with Crippen molar-refractivity contribution in [3.63, 3.8) is 0 Å². The first-order chi connectivity index (χ1) is 1.41. The van der Waals surface area contributed by atoms with Crippen molar-refractivity contribution in [1.82, 2.24) is 0 Å². The van der Waals surface area contributed by atoms with E-state index in [0.29, 0.717) is 0 Å². The van der Waals surface area contributed by atoms with E-state index in [1.54, 1.807) is 0 Å². The maximum atomic E-state index is 4.88. The summed E-state index contributed by atoms with van der Waals surface area (Å²) in [6.07, 6.45) is 0. The summed E-state index contributed by atoms with van der Waals surface area (Å²) in [5.74, 6) is 0. The van der Waals surface area contributed by atoms with Gasteiger partial charge in [-0.2, -0.15) is 0 Å². The van der Waals surface area contributed by atoms with Crippen LogP contribution in [0.3, 0.4) is 0 Å². The molecule has 0 atom stereocenters. The summed E-state index contributed by atoms with van der Waals surface area (Å²) in [4.78, 5) is 0. The topological polar surface area (TPSA) is 0 Å². The van der Waals surface area contributed by atoms with Gasteiger partial charge in [0.05, 0.1) is 0 Å². The monoisotopic (exact) mass is 295 g/mol. The second-order valence-corrected chi connectivity index (χ2v) is 3.33. The second-order valence-electron chi connectivity index (χ2n) is 0.0452. The predicted molar refractivity (Wildman–Crippen MR) is 24.5 cm³/mol. The summed E-state index contributed by atoms with van der Waals surface area (Å²) in [6.45, 7) is 0. The molecule has 0 bridgehead atoms. The van der Waals surface area contributed by atoms with Gasteiger partial charge in [-0.05, 0) is 0 Å². The molecular weight excluding hydrogens is 290 g/mol. The minimum absolute atomic E-state index is 0. The fourth-order valence-corrected chi connectivity index (χ4v) is 0. The zero-order valence-electron chi connectivity index (χ0n) is 3.07. The van der Waals surface area contributed by atoms with Gasteiger partial charge in [0.2, 0.25) is 0 Å². The molecule has 0 aliphatic carbocycles. The Morgan fingerprint density at radius 2 is 1.00 bits per heavy atom. The molecule has 0 aromatic carbocycles. The quantitative estimate of drug-likeness (QED) is 0.602. The maximum absolute atomic E-state index is 4.88. The first kappa shape index (κ1) is 16.3. The molecule has 0 heterocycles. The second kappa shape index (κ2) is 18.7. The Balaban J connectivity index is -0.0000000200. The van der Waals surface area contributed by atoms with Crippen molar-refractivity contribution in [3.8, 4) is 0 Å². The Bertz CT molecular complexity index is 7.61. The molecule has 0 aromatic heterocycles. The Labute approximate surface area is 50.2 Å². The van der Waals surface area contributed by atoms with Crippen molar-refractivity contribution in [2.24, 2.45) is 0 Å². The van der Waals surface area contributed by atoms with Crippen LogP contribution in [0.1, 0.15) is 0 Å². The summed E-state index contributed by atoms with van der Waals surface area (Å²) in [5, 5.41) is 0. The molecule has 0 aromatic rings. The Kier molecular flexibility index (Phi) is 60.8. The molecule has 0 aliphatic rings. The molecule has 0 fully saturated rings. The van der Waals surface area contributed by atoms with E-state index in [9.17, 15) is 0 Å². The van der Waals surface area contributed by atoms with Crippen molar-refractivity contribution >= 4 is 18.8 Å². The van der Waals surface area contributed by atoms with Crippen molar-refractivity contribution in [3.05, 3.63) is 14.9 Å². The molecule has 3 heteroatoms. The van der Waals surface area contributed by atoms with Crippen LogP contribution in [0.15, 0.2) is 0 Å². The van der Waals surface area contributed by atoms with Gasteiger partial charge in [0.1, 0.15) is 0 Å². The van der Waals surface area contributed by atoms with E-state index in [-0.39, 0.29) is 14.9 Å². The average molecular weight is 296 g/mol. The van der Waals surface area contributed by atoms with Gasteiger partial charge in [-0.25, -0.2) is 0 Å². The molecule has 0 spiro atoms. The number of hydrogen-bond acceptors (Lipinski definition) is 0. The molecule has 5 heavy (non-hydrogen) atoms. The van der Waals surface area contributed by atoms with Crippen LogP contribution in [-0.2, 0) is 16.5 Å². The van der Waals surface area contributed by atoms with E-state index in [2.05, 4.69) is 0 Å². The number of rotatable bonds is 0. The Hall–Kier alpha value is 1.27. The van der Waals surface area contributed by atoms with Crippen LogP contribution in [0, 0.1) is 14.9 Å². The van der Waals surface area contributed by atoms with Gasteiger partial charge >= 0.3 is 35.3 Å². The zero-order chi connectivity index (χ0) is 2.71. The average Bonchev–Trinajstić information content (AvgIpc) is 0.918. The normalized spacial score (nSPS) is 4.40.